The summed E-state index contributed by atoms with van der Waals surface area (Å²) in [5.41, 5.74) is 7.78. The summed E-state index contributed by atoms with van der Waals surface area (Å²) in [5, 5.41) is 2.92. The van der Waals surface area contributed by atoms with Gasteiger partial charge in [-0.2, -0.15) is 0 Å². The SMILES string of the molecule is CN1CC(C)(C)C(=O)Nc2cc(N)ccc21. The Morgan fingerprint density at radius 1 is 1.44 bits per heavy atom. The van der Waals surface area contributed by atoms with Gasteiger partial charge in [0.15, 0.2) is 0 Å². The highest BCUT2D eigenvalue weighted by atomic mass is 16.2. The van der Waals surface area contributed by atoms with E-state index in [9.17, 15) is 4.79 Å². The third kappa shape index (κ3) is 1.71. The van der Waals surface area contributed by atoms with E-state index in [2.05, 4.69) is 10.2 Å². The number of carbonyl (C=O) groups is 1. The number of hydrogen-bond acceptors (Lipinski definition) is 3. The largest absolute Gasteiger partial charge is 0.399 e. The molecule has 0 unspecified atom stereocenters. The molecule has 0 bridgehead atoms. The van der Waals surface area contributed by atoms with Crippen molar-refractivity contribution in [1.29, 1.82) is 0 Å². The molecule has 1 amide bonds. The van der Waals surface area contributed by atoms with E-state index in [-0.39, 0.29) is 5.91 Å². The van der Waals surface area contributed by atoms with Crippen LogP contribution in [0.2, 0.25) is 0 Å². The standard InChI is InChI=1S/C12H17N3O/c1-12(2)7-15(3)10-5-4-8(13)6-9(10)14-11(12)16/h4-6H,7,13H2,1-3H3,(H,14,16). The van der Waals surface area contributed by atoms with E-state index >= 15 is 0 Å². The number of nitrogens with zero attached hydrogens (tertiary/aromatic N) is 1. The third-order valence-corrected chi connectivity index (χ3v) is 2.93. The van der Waals surface area contributed by atoms with Crippen molar-refractivity contribution in [2.45, 2.75) is 13.8 Å². The van der Waals surface area contributed by atoms with Gasteiger partial charge in [0, 0.05) is 19.3 Å². The van der Waals surface area contributed by atoms with Crippen LogP contribution in [0.4, 0.5) is 17.1 Å². The minimum absolute atomic E-state index is 0.0312. The summed E-state index contributed by atoms with van der Waals surface area (Å²) in [4.78, 5) is 14.1. The summed E-state index contributed by atoms with van der Waals surface area (Å²) < 4.78 is 0. The van der Waals surface area contributed by atoms with Crippen LogP contribution in [0, 0.1) is 5.41 Å². The lowest BCUT2D eigenvalue weighted by atomic mass is 9.92. The van der Waals surface area contributed by atoms with Gasteiger partial charge < -0.3 is 16.0 Å². The molecule has 1 aliphatic rings. The molecule has 4 nitrogen and oxygen atoms in total. The van der Waals surface area contributed by atoms with Gasteiger partial charge in [-0.05, 0) is 32.0 Å². The predicted molar refractivity (Wildman–Crippen MR) is 66.5 cm³/mol. The molecule has 3 N–H and O–H groups in total. The normalized spacial score (nSPS) is 18.7. The zero-order chi connectivity index (χ0) is 11.9. The second kappa shape index (κ2) is 3.40. The van der Waals surface area contributed by atoms with E-state index in [1.54, 1.807) is 6.07 Å². The van der Waals surface area contributed by atoms with Gasteiger partial charge in [-0.1, -0.05) is 0 Å². The molecule has 1 heterocycles. The first kappa shape index (κ1) is 10.8. The molecule has 86 valence electrons. The highest BCUT2D eigenvalue weighted by Gasteiger charge is 2.33. The van der Waals surface area contributed by atoms with Crippen molar-refractivity contribution in [1.82, 2.24) is 0 Å². The number of amides is 1. The number of rotatable bonds is 0. The van der Waals surface area contributed by atoms with Crippen LogP contribution in [0.1, 0.15) is 13.8 Å². The number of anilines is 3. The van der Waals surface area contributed by atoms with E-state index in [4.69, 9.17) is 5.73 Å². The Labute approximate surface area is 95.4 Å². The first-order chi connectivity index (χ1) is 7.40. The number of carbonyl (C=O) groups excluding carboxylic acids is 1. The fraction of sp³-hybridized carbons (Fsp3) is 0.417. The topological polar surface area (TPSA) is 58.4 Å². The smallest absolute Gasteiger partial charge is 0.231 e. The number of hydrogen-bond donors (Lipinski definition) is 2. The Morgan fingerprint density at radius 3 is 2.81 bits per heavy atom. The summed E-state index contributed by atoms with van der Waals surface area (Å²) in [6, 6.07) is 5.58. The second-order valence-electron chi connectivity index (χ2n) is 4.97. The monoisotopic (exact) mass is 219 g/mol. The summed E-state index contributed by atoms with van der Waals surface area (Å²) >= 11 is 0. The van der Waals surface area contributed by atoms with Crippen LogP contribution in [0.25, 0.3) is 0 Å². The molecular formula is C12H17N3O. The average molecular weight is 219 g/mol. The van der Waals surface area contributed by atoms with E-state index in [1.165, 1.54) is 0 Å². The number of nitrogen functional groups attached to an aromatic ring is 1. The van der Waals surface area contributed by atoms with Crippen LogP contribution in [-0.4, -0.2) is 19.5 Å². The first-order valence-electron chi connectivity index (χ1n) is 5.32. The number of nitrogens with one attached hydrogen (secondary N) is 1. The van der Waals surface area contributed by atoms with Crippen LogP contribution in [0.5, 0.6) is 0 Å². The van der Waals surface area contributed by atoms with Gasteiger partial charge in [0.1, 0.15) is 0 Å². The van der Waals surface area contributed by atoms with Crippen molar-refractivity contribution >= 4 is 23.0 Å². The molecule has 0 aliphatic carbocycles. The molecular weight excluding hydrogens is 202 g/mol. The number of nitrogens with two attached hydrogens (primary N) is 1. The molecule has 0 spiro atoms. The molecule has 0 aromatic heterocycles. The van der Waals surface area contributed by atoms with E-state index in [0.29, 0.717) is 12.2 Å². The van der Waals surface area contributed by atoms with Crippen molar-refractivity contribution in [2.75, 3.05) is 29.5 Å². The van der Waals surface area contributed by atoms with Crippen LogP contribution in [0.15, 0.2) is 18.2 Å². The van der Waals surface area contributed by atoms with Gasteiger partial charge in [-0.3, -0.25) is 4.79 Å². The van der Waals surface area contributed by atoms with Crippen LogP contribution in [0.3, 0.4) is 0 Å². The van der Waals surface area contributed by atoms with Crippen LogP contribution in [-0.2, 0) is 4.79 Å². The zero-order valence-corrected chi connectivity index (χ0v) is 9.87. The van der Waals surface area contributed by atoms with Gasteiger partial charge in [0.05, 0.1) is 16.8 Å². The molecule has 1 aromatic rings. The summed E-state index contributed by atoms with van der Waals surface area (Å²) in [6.45, 7) is 4.57. The first-order valence-corrected chi connectivity index (χ1v) is 5.32. The molecule has 0 radical (unpaired) electrons. The van der Waals surface area contributed by atoms with Crippen LogP contribution >= 0.6 is 0 Å². The second-order valence-corrected chi connectivity index (χ2v) is 4.97. The quantitative estimate of drug-likeness (QED) is 0.653. The number of benzene rings is 1. The fourth-order valence-electron chi connectivity index (χ4n) is 2.03. The van der Waals surface area contributed by atoms with Gasteiger partial charge in [0.25, 0.3) is 0 Å². The van der Waals surface area contributed by atoms with Gasteiger partial charge in [-0.15, -0.1) is 0 Å². The molecule has 1 aromatic carbocycles. The van der Waals surface area contributed by atoms with Crippen molar-refractivity contribution in [3.63, 3.8) is 0 Å². The molecule has 0 saturated heterocycles. The zero-order valence-electron chi connectivity index (χ0n) is 9.87. The highest BCUT2D eigenvalue weighted by Crippen LogP contribution is 2.34. The lowest BCUT2D eigenvalue weighted by Gasteiger charge is -2.26. The van der Waals surface area contributed by atoms with Gasteiger partial charge in [0.2, 0.25) is 5.91 Å². The van der Waals surface area contributed by atoms with E-state index < -0.39 is 5.41 Å². The Balaban J connectivity index is 2.49. The Kier molecular flexibility index (Phi) is 2.30. The van der Waals surface area contributed by atoms with Gasteiger partial charge >= 0.3 is 0 Å². The lowest BCUT2D eigenvalue weighted by Crippen LogP contribution is -2.37. The van der Waals surface area contributed by atoms with Gasteiger partial charge in [-0.25, -0.2) is 0 Å². The molecule has 0 fully saturated rings. The van der Waals surface area contributed by atoms with Crippen molar-refractivity contribution < 1.29 is 4.79 Å². The minimum atomic E-state index is -0.400. The molecule has 0 saturated carbocycles. The van der Waals surface area contributed by atoms with Crippen molar-refractivity contribution in [3.8, 4) is 0 Å². The molecule has 4 heteroatoms. The summed E-state index contributed by atoms with van der Waals surface area (Å²) in [7, 11) is 1.98. The van der Waals surface area contributed by atoms with Crippen molar-refractivity contribution in [2.24, 2.45) is 5.41 Å². The molecule has 1 aliphatic heterocycles. The lowest BCUT2D eigenvalue weighted by molar-refractivity contribution is -0.123. The number of fused-ring (bicyclic) bond motifs is 1. The minimum Gasteiger partial charge on any atom is -0.399 e. The summed E-state index contributed by atoms with van der Waals surface area (Å²) in [5.74, 6) is 0.0312. The van der Waals surface area contributed by atoms with Crippen LogP contribution < -0.4 is 16.0 Å². The predicted octanol–water partition coefficient (Wildman–Crippen LogP) is 1.68. The van der Waals surface area contributed by atoms with E-state index in [1.807, 2.05) is 33.0 Å². The van der Waals surface area contributed by atoms with Crippen molar-refractivity contribution in [3.05, 3.63) is 18.2 Å². The average Bonchev–Trinajstić information content (AvgIpc) is 2.23. The highest BCUT2D eigenvalue weighted by molar-refractivity contribution is 6.00. The Bertz CT molecular complexity index is 440. The maximum absolute atomic E-state index is 12.0. The fourth-order valence-corrected chi connectivity index (χ4v) is 2.03. The van der Waals surface area contributed by atoms with E-state index in [0.717, 1.165) is 11.4 Å². The third-order valence-electron chi connectivity index (χ3n) is 2.93. The molecule has 16 heavy (non-hydrogen) atoms. The maximum Gasteiger partial charge on any atom is 0.231 e. The summed E-state index contributed by atoms with van der Waals surface area (Å²) in [6.07, 6.45) is 0. The molecule has 0 atom stereocenters. The maximum atomic E-state index is 12.0. The molecule has 2 rings (SSSR count). The Hall–Kier alpha value is -1.71. The Morgan fingerprint density at radius 2 is 2.12 bits per heavy atom.